The predicted octanol–water partition coefficient (Wildman–Crippen LogP) is 2.76. The summed E-state index contributed by atoms with van der Waals surface area (Å²) < 4.78 is 58.2. The van der Waals surface area contributed by atoms with Gasteiger partial charge in [-0.2, -0.15) is 0 Å². The van der Waals surface area contributed by atoms with Crippen molar-refractivity contribution in [1.82, 2.24) is 15.5 Å². The molecular weight excluding hydrogens is 508 g/mol. The number of carbonyl (C=O) groups is 3. The molecule has 2 heterocycles. The number of nitrogens with zero attached hydrogens (tertiary/aromatic N) is 3. The van der Waals surface area contributed by atoms with Crippen LogP contribution >= 0.6 is 11.3 Å². The number of primary amides is 1. The average molecular weight is 526 g/mol. The summed E-state index contributed by atoms with van der Waals surface area (Å²) in [5.41, 5.74) is 11.0. The van der Waals surface area contributed by atoms with E-state index in [2.05, 4.69) is 15.5 Å². The van der Waals surface area contributed by atoms with Gasteiger partial charge in [0.25, 0.3) is 11.8 Å². The largest absolute Gasteiger partial charge is 0.382 e. The highest BCUT2D eigenvalue weighted by Crippen LogP contribution is 2.38. The number of aromatic nitrogens is 2. The molecule has 4 rings (SSSR count). The van der Waals surface area contributed by atoms with Crippen LogP contribution in [0.25, 0.3) is 0 Å². The van der Waals surface area contributed by atoms with Crippen molar-refractivity contribution in [2.45, 2.75) is 37.8 Å². The lowest BCUT2D eigenvalue weighted by Crippen LogP contribution is -2.50. The van der Waals surface area contributed by atoms with E-state index in [-0.39, 0.29) is 33.0 Å². The maximum atomic E-state index is 13.9. The van der Waals surface area contributed by atoms with E-state index in [0.717, 1.165) is 18.2 Å². The van der Waals surface area contributed by atoms with Crippen molar-refractivity contribution in [1.29, 1.82) is 0 Å². The van der Waals surface area contributed by atoms with Crippen LogP contribution in [0.15, 0.2) is 28.8 Å². The Kier molecular flexibility index (Phi) is 6.43. The molecule has 10 nitrogen and oxygen atoms in total. The van der Waals surface area contributed by atoms with Gasteiger partial charge >= 0.3 is 0 Å². The first-order chi connectivity index (χ1) is 16.9. The summed E-state index contributed by atoms with van der Waals surface area (Å²) in [6.45, 7) is 1.39. The Morgan fingerprint density at radius 2 is 1.92 bits per heavy atom. The smallest absolute Gasteiger partial charge is 0.273 e. The normalized spacial score (nSPS) is 15.7. The Bertz CT molecular complexity index is 1350. The van der Waals surface area contributed by atoms with E-state index >= 15 is 0 Å². The van der Waals surface area contributed by atoms with E-state index in [9.17, 15) is 31.9 Å². The number of thiazole rings is 1. The Morgan fingerprint density at radius 3 is 2.53 bits per heavy atom. The Hall–Kier alpha value is -4.01. The van der Waals surface area contributed by atoms with Crippen LogP contribution in [0, 0.1) is 11.6 Å². The van der Waals surface area contributed by atoms with E-state index < -0.39 is 60.1 Å². The fourth-order valence-electron chi connectivity index (χ4n) is 3.47. The summed E-state index contributed by atoms with van der Waals surface area (Å²) in [5, 5.41) is 5.83. The van der Waals surface area contributed by atoms with E-state index in [1.807, 2.05) is 0 Å². The predicted molar refractivity (Wildman–Crippen MR) is 119 cm³/mol. The number of carbonyl (C=O) groups excluding carboxylic acids is 3. The monoisotopic (exact) mass is 526 g/mol. The van der Waals surface area contributed by atoms with Gasteiger partial charge in [0.1, 0.15) is 16.7 Å². The van der Waals surface area contributed by atoms with Crippen molar-refractivity contribution in [2.75, 3.05) is 10.6 Å². The van der Waals surface area contributed by atoms with Gasteiger partial charge in [-0.25, -0.2) is 22.5 Å². The zero-order valence-electron chi connectivity index (χ0n) is 18.4. The zero-order chi connectivity index (χ0) is 26.4. The number of nitrogens with two attached hydrogens (primary N) is 2. The van der Waals surface area contributed by atoms with Gasteiger partial charge in [-0.3, -0.25) is 14.4 Å². The minimum atomic E-state index is -2.83. The molecule has 0 unspecified atom stereocenters. The van der Waals surface area contributed by atoms with Crippen LogP contribution in [0.5, 0.6) is 0 Å². The molecule has 1 atom stereocenters. The second-order valence-corrected chi connectivity index (χ2v) is 9.08. The fourth-order valence-corrected chi connectivity index (χ4v) is 4.50. The lowest BCUT2D eigenvalue weighted by molar-refractivity contribution is -0.118. The number of nitrogen functional groups attached to an aromatic ring is 1. The molecule has 15 heteroatoms. The van der Waals surface area contributed by atoms with Gasteiger partial charge in [0.15, 0.2) is 22.5 Å². The summed E-state index contributed by atoms with van der Waals surface area (Å²) in [4.78, 5) is 42.1. The van der Waals surface area contributed by atoms with E-state index in [1.54, 1.807) is 0 Å². The SMILES string of the molecule is C[C@@H](C(N)=O)N(c1ccc(F)c(F)c1)c1nc(N)c(C(=O)c2cc(C(=O)NC3CC(F)(F)C3)no2)s1. The molecule has 36 heavy (non-hydrogen) atoms. The van der Waals surface area contributed by atoms with Gasteiger partial charge in [0.2, 0.25) is 17.5 Å². The number of anilines is 3. The van der Waals surface area contributed by atoms with Gasteiger partial charge in [-0.05, 0) is 19.1 Å². The highest BCUT2D eigenvalue weighted by molar-refractivity contribution is 7.18. The molecule has 1 aliphatic carbocycles. The number of benzene rings is 1. The fraction of sp³-hybridized carbons (Fsp3) is 0.286. The van der Waals surface area contributed by atoms with Gasteiger partial charge in [-0.1, -0.05) is 16.5 Å². The molecule has 1 fully saturated rings. The van der Waals surface area contributed by atoms with Crippen LogP contribution in [0.2, 0.25) is 0 Å². The van der Waals surface area contributed by atoms with Crippen molar-refractivity contribution in [3.8, 4) is 0 Å². The van der Waals surface area contributed by atoms with Crippen LogP contribution in [0.4, 0.5) is 34.2 Å². The van der Waals surface area contributed by atoms with Crippen LogP contribution < -0.4 is 21.7 Å². The number of hydrogen-bond acceptors (Lipinski definition) is 9. The molecule has 3 aromatic rings. The van der Waals surface area contributed by atoms with E-state index in [1.165, 1.54) is 17.9 Å². The molecule has 0 radical (unpaired) electrons. The number of rotatable bonds is 8. The van der Waals surface area contributed by atoms with Gasteiger partial charge in [0.05, 0.1) is 0 Å². The second-order valence-electron chi connectivity index (χ2n) is 8.10. The van der Waals surface area contributed by atoms with Crippen molar-refractivity contribution in [2.24, 2.45) is 5.73 Å². The first kappa shape index (κ1) is 25.1. The summed E-state index contributed by atoms with van der Waals surface area (Å²) in [7, 11) is 0. The minimum Gasteiger partial charge on any atom is -0.382 e. The molecule has 2 amide bonds. The van der Waals surface area contributed by atoms with Crippen molar-refractivity contribution < 1.29 is 36.5 Å². The van der Waals surface area contributed by atoms with E-state index in [4.69, 9.17) is 16.0 Å². The van der Waals surface area contributed by atoms with Crippen LogP contribution in [-0.2, 0) is 4.79 Å². The highest BCUT2D eigenvalue weighted by atomic mass is 32.1. The molecular formula is C21H18F4N6O4S. The number of amides is 2. The van der Waals surface area contributed by atoms with Crippen LogP contribution in [0.1, 0.15) is 45.7 Å². The minimum absolute atomic E-state index is 0.0214. The molecule has 1 aliphatic rings. The van der Waals surface area contributed by atoms with Crippen molar-refractivity contribution >= 4 is 45.6 Å². The third-order valence-corrected chi connectivity index (χ3v) is 6.50. The summed E-state index contributed by atoms with van der Waals surface area (Å²) in [6, 6.07) is 2.07. The first-order valence-electron chi connectivity index (χ1n) is 10.4. The second kappa shape index (κ2) is 9.22. The first-order valence-corrected chi connectivity index (χ1v) is 11.2. The zero-order valence-corrected chi connectivity index (χ0v) is 19.2. The average Bonchev–Trinajstić information content (AvgIpc) is 3.42. The van der Waals surface area contributed by atoms with Gasteiger partial charge < -0.3 is 26.2 Å². The molecule has 5 N–H and O–H groups in total. The molecule has 0 saturated heterocycles. The molecule has 190 valence electrons. The lowest BCUT2D eigenvalue weighted by atomic mass is 9.88. The van der Waals surface area contributed by atoms with E-state index in [0.29, 0.717) is 11.3 Å². The topological polar surface area (TPSA) is 157 Å². The summed E-state index contributed by atoms with van der Waals surface area (Å²) >= 11 is 0.707. The molecule has 0 bridgehead atoms. The van der Waals surface area contributed by atoms with Gasteiger partial charge in [-0.15, -0.1) is 0 Å². The number of nitrogens with one attached hydrogen (secondary N) is 1. The number of halogens is 4. The third kappa shape index (κ3) is 4.86. The summed E-state index contributed by atoms with van der Waals surface area (Å²) in [6.07, 6.45) is -0.999. The maximum absolute atomic E-state index is 13.9. The lowest BCUT2D eigenvalue weighted by Gasteiger charge is -2.34. The van der Waals surface area contributed by atoms with Crippen molar-refractivity contribution in [3.63, 3.8) is 0 Å². The third-order valence-electron chi connectivity index (χ3n) is 5.43. The standard InChI is InChI=1S/C21H18F4N6O4S/c1-8(18(27)33)31(10-2-3-11(22)12(23)4-10)20-29-17(26)16(36-20)15(32)14-5-13(30-35-14)19(34)28-9-6-21(24,25)7-9/h2-5,8-9H,6-7,26H2,1H3,(H2,27,33)(H,28,34)/t8-/m0/s1. The number of alkyl halides is 2. The van der Waals surface area contributed by atoms with Crippen LogP contribution in [0.3, 0.4) is 0 Å². The molecule has 2 aromatic heterocycles. The van der Waals surface area contributed by atoms with Crippen LogP contribution in [-0.4, -0.2) is 45.7 Å². The molecule has 0 aliphatic heterocycles. The Labute approximate surface area is 204 Å². The number of ketones is 1. The van der Waals surface area contributed by atoms with Gasteiger partial charge in [0, 0.05) is 36.7 Å². The highest BCUT2D eigenvalue weighted by Gasteiger charge is 2.46. The number of hydrogen-bond donors (Lipinski definition) is 3. The quantitative estimate of drug-likeness (QED) is 0.299. The molecule has 1 aromatic carbocycles. The molecule has 0 spiro atoms. The summed E-state index contributed by atoms with van der Waals surface area (Å²) in [5.74, 6) is -8.22. The van der Waals surface area contributed by atoms with Crippen molar-refractivity contribution in [3.05, 3.63) is 52.2 Å². The Morgan fingerprint density at radius 1 is 1.22 bits per heavy atom. The maximum Gasteiger partial charge on any atom is 0.273 e. The Balaban J connectivity index is 1.58. The molecule has 1 saturated carbocycles.